The Bertz CT molecular complexity index is 2650. The van der Waals surface area contributed by atoms with Crippen LogP contribution in [0.5, 0.6) is 11.5 Å². The van der Waals surface area contributed by atoms with E-state index in [1.165, 1.54) is 5.56 Å². The van der Waals surface area contributed by atoms with Crippen molar-refractivity contribution in [3.05, 3.63) is 145 Å². The molecule has 0 spiro atoms. The van der Waals surface area contributed by atoms with Crippen LogP contribution in [0.15, 0.2) is 133 Å². The number of ketones is 2. The van der Waals surface area contributed by atoms with Gasteiger partial charge >= 0.3 is 11.9 Å². The van der Waals surface area contributed by atoms with Crippen molar-refractivity contribution in [3.8, 4) is 22.6 Å². The topological polar surface area (TPSA) is 202 Å². The summed E-state index contributed by atoms with van der Waals surface area (Å²) in [4.78, 5) is 59.0. The molecule has 6 rings (SSSR count). The lowest BCUT2D eigenvalue weighted by molar-refractivity contribution is -0.459. The van der Waals surface area contributed by atoms with Gasteiger partial charge in [0.2, 0.25) is 5.91 Å². The van der Waals surface area contributed by atoms with Gasteiger partial charge in [0.15, 0.2) is 11.6 Å². The van der Waals surface area contributed by atoms with Gasteiger partial charge in [-0.15, -0.1) is 0 Å². The molecule has 9 N–H and O–H groups in total. The zero-order chi connectivity index (χ0) is 49.0. The molecule has 69 heavy (non-hydrogen) atoms. The predicted octanol–water partition coefficient (Wildman–Crippen LogP) is 6.63. The van der Waals surface area contributed by atoms with Gasteiger partial charge in [-0.3, -0.25) is 35.6 Å². The first kappa shape index (κ1) is 51.3. The van der Waals surface area contributed by atoms with E-state index < -0.39 is 29.8 Å². The fourth-order valence-electron chi connectivity index (χ4n) is 8.77. The van der Waals surface area contributed by atoms with E-state index in [2.05, 4.69) is 46.4 Å². The van der Waals surface area contributed by atoms with Crippen molar-refractivity contribution in [1.82, 2.24) is 5.32 Å². The summed E-state index contributed by atoms with van der Waals surface area (Å²) in [6.45, 7) is 5.28. The van der Waals surface area contributed by atoms with Crippen LogP contribution in [0.1, 0.15) is 76.3 Å². The zero-order valence-electron chi connectivity index (χ0n) is 40.1. The molecule has 1 amide bonds. The fraction of sp³-hybridized carbons (Fsp3) is 0.351. The van der Waals surface area contributed by atoms with Crippen molar-refractivity contribution in [1.29, 1.82) is 0 Å². The number of carbonyl (C=O) groups is 4. The Morgan fingerprint density at radius 1 is 0.652 bits per heavy atom. The Morgan fingerprint density at radius 2 is 1.25 bits per heavy atom. The van der Waals surface area contributed by atoms with Gasteiger partial charge < -0.3 is 25.3 Å². The lowest BCUT2D eigenvalue weighted by Gasteiger charge is -2.24. The molecule has 0 aliphatic heterocycles. The molecule has 0 aliphatic rings. The summed E-state index contributed by atoms with van der Waals surface area (Å²) in [6.07, 6.45) is 3.50. The number of rotatable bonds is 28. The van der Waals surface area contributed by atoms with E-state index in [1.54, 1.807) is 0 Å². The summed E-state index contributed by atoms with van der Waals surface area (Å²) in [5.41, 5.74) is 18.9. The van der Waals surface area contributed by atoms with Gasteiger partial charge in [-0.05, 0) is 89.2 Å². The Balaban J connectivity index is 1.22. The molecule has 6 aromatic rings. The minimum Gasteiger partial charge on any atom is -0.493 e. The van der Waals surface area contributed by atoms with Crippen LogP contribution >= 0.6 is 0 Å². The SMILES string of the molecule is CC(C)C[C@H](CC(=O)[C@@H](CCC[NH+]=C(N)N)NC(=O)[C@@H](CCCC[NH3+])CC(=O)COc1ccc2ccccc2c1-c1c(OCCc2ccccc2)ccc2ccccc12)C(=O)OCc1ccccc1. The Kier molecular flexibility index (Phi) is 19.7. The molecular weight excluding hydrogens is 867 g/mol. The number of guanidine groups is 1. The molecule has 0 saturated carbocycles. The smallest absolute Gasteiger partial charge is 0.338 e. The standard InChI is InChI=1S/C57H67N5O7/c1-39(2)34-45(56(66)69-37-41-18-7-4-8-19-41)36-50(64)49(25-15-32-61-57(59)60)62-55(65)44(22-13-14-31-58)35-46(63)38-68-52-29-27-43-21-10-12-24-48(43)54(52)53-47-23-11-9-20-42(47)26-28-51(53)67-33-30-40-16-5-3-6-17-40/h3-12,16-21,23-24,26-29,39,44-45,49H,13-15,22,25,30-38,58H2,1-2H3,(H,62,65)(H4,59,60,61)/p+2/t44-,45+,49+/m0/s1. The average molecular weight is 936 g/mol. The first-order valence-electron chi connectivity index (χ1n) is 24.3. The van der Waals surface area contributed by atoms with Crippen molar-refractivity contribution < 1.29 is 44.1 Å². The first-order valence-corrected chi connectivity index (χ1v) is 24.3. The zero-order valence-corrected chi connectivity index (χ0v) is 40.1. The number of quaternary nitrogens is 1. The number of esters is 1. The van der Waals surface area contributed by atoms with Gasteiger partial charge in [0, 0.05) is 36.3 Å². The molecule has 0 heterocycles. The molecule has 12 nitrogen and oxygen atoms in total. The third-order valence-corrected chi connectivity index (χ3v) is 12.3. The van der Waals surface area contributed by atoms with Crippen LogP contribution < -0.4 is 37.0 Å². The van der Waals surface area contributed by atoms with Gasteiger partial charge in [-0.2, -0.15) is 0 Å². The number of unbranched alkanes of at least 4 members (excludes halogenated alkanes) is 1. The number of benzene rings is 6. The van der Waals surface area contributed by atoms with Crippen molar-refractivity contribution in [2.75, 3.05) is 26.3 Å². The number of amides is 1. The average Bonchev–Trinajstić information content (AvgIpc) is 3.35. The molecule has 0 aromatic heterocycles. The first-order chi connectivity index (χ1) is 33.5. The van der Waals surface area contributed by atoms with E-state index in [1.807, 2.05) is 117 Å². The maximum atomic E-state index is 14.3. The molecule has 0 aliphatic carbocycles. The highest BCUT2D eigenvalue weighted by molar-refractivity contribution is 6.10. The van der Waals surface area contributed by atoms with Crippen LogP contribution in [0.4, 0.5) is 0 Å². The number of hydrogen-bond acceptors (Lipinski definition) is 7. The van der Waals surface area contributed by atoms with Gasteiger partial charge in [-0.1, -0.05) is 135 Å². The van der Waals surface area contributed by atoms with E-state index >= 15 is 0 Å². The Labute approximate surface area is 406 Å². The molecule has 0 saturated heterocycles. The quantitative estimate of drug-likeness (QED) is 0.0155. The minimum absolute atomic E-state index is 0.0480. The van der Waals surface area contributed by atoms with Crippen molar-refractivity contribution >= 4 is 50.9 Å². The van der Waals surface area contributed by atoms with Crippen LogP contribution in [0.3, 0.4) is 0 Å². The molecule has 0 fully saturated rings. The van der Waals surface area contributed by atoms with Crippen LogP contribution in [-0.2, 0) is 36.9 Å². The van der Waals surface area contributed by atoms with E-state index in [-0.39, 0.29) is 55.9 Å². The Hall–Kier alpha value is -7.05. The summed E-state index contributed by atoms with van der Waals surface area (Å²) >= 11 is 0. The molecule has 6 aromatic carbocycles. The van der Waals surface area contributed by atoms with Crippen molar-refractivity contribution in [2.24, 2.45) is 29.2 Å². The monoisotopic (exact) mass is 936 g/mol. The highest BCUT2D eigenvalue weighted by Crippen LogP contribution is 2.45. The number of nitrogens with two attached hydrogens (primary N) is 2. The highest BCUT2D eigenvalue weighted by atomic mass is 16.5. The normalized spacial score (nSPS) is 12.5. The third-order valence-electron chi connectivity index (χ3n) is 12.3. The summed E-state index contributed by atoms with van der Waals surface area (Å²) in [6, 6.07) is 42.8. The molecular formula is C57H69N5O7+2. The van der Waals surface area contributed by atoms with Crippen LogP contribution in [-0.4, -0.2) is 61.7 Å². The second kappa shape index (κ2) is 26.5. The number of nitrogens with one attached hydrogen (secondary N) is 2. The van der Waals surface area contributed by atoms with Gasteiger partial charge in [0.05, 0.1) is 31.7 Å². The van der Waals surface area contributed by atoms with Gasteiger partial charge in [-0.25, -0.2) is 0 Å². The van der Waals surface area contributed by atoms with Gasteiger partial charge in [0.25, 0.3) is 0 Å². The maximum absolute atomic E-state index is 14.3. The fourth-order valence-corrected chi connectivity index (χ4v) is 8.77. The minimum atomic E-state index is -0.929. The lowest BCUT2D eigenvalue weighted by Crippen LogP contribution is -2.78. The second-order valence-corrected chi connectivity index (χ2v) is 18.2. The predicted molar refractivity (Wildman–Crippen MR) is 272 cm³/mol. The van der Waals surface area contributed by atoms with Crippen LogP contribution in [0.2, 0.25) is 0 Å². The van der Waals surface area contributed by atoms with E-state index in [9.17, 15) is 19.2 Å². The maximum Gasteiger partial charge on any atom is 0.338 e. The summed E-state index contributed by atoms with van der Waals surface area (Å²) in [5.74, 6) is -1.50. The van der Waals surface area contributed by atoms with E-state index in [0.29, 0.717) is 56.9 Å². The summed E-state index contributed by atoms with van der Waals surface area (Å²) in [7, 11) is 0. The van der Waals surface area contributed by atoms with Gasteiger partial charge in [0.1, 0.15) is 24.7 Å². The van der Waals surface area contributed by atoms with E-state index in [4.69, 9.17) is 25.7 Å². The number of hydrogen-bond donors (Lipinski definition) is 5. The lowest BCUT2D eigenvalue weighted by atomic mass is 9.89. The number of Topliss-reactive ketones (excluding diaryl/α,β-unsaturated/α-hetero) is 2. The molecule has 12 heteroatoms. The van der Waals surface area contributed by atoms with Crippen LogP contribution in [0.25, 0.3) is 32.7 Å². The third kappa shape index (κ3) is 15.5. The van der Waals surface area contributed by atoms with Crippen LogP contribution in [0, 0.1) is 17.8 Å². The largest absolute Gasteiger partial charge is 0.493 e. The molecule has 362 valence electrons. The molecule has 0 unspecified atom stereocenters. The number of ether oxygens (including phenoxy) is 3. The van der Waals surface area contributed by atoms with Crippen molar-refractivity contribution in [2.45, 2.75) is 84.3 Å². The number of fused-ring (bicyclic) bond motifs is 2. The van der Waals surface area contributed by atoms with E-state index in [0.717, 1.165) is 51.1 Å². The van der Waals surface area contributed by atoms with Crippen molar-refractivity contribution in [3.63, 3.8) is 0 Å². The highest BCUT2D eigenvalue weighted by Gasteiger charge is 2.32. The summed E-state index contributed by atoms with van der Waals surface area (Å²) in [5, 5.41) is 6.96. The molecule has 3 atom stereocenters. The number of carbonyl (C=O) groups excluding carboxylic acids is 4. The molecule has 0 radical (unpaired) electrons. The second-order valence-electron chi connectivity index (χ2n) is 18.2. The summed E-state index contributed by atoms with van der Waals surface area (Å²) < 4.78 is 18.8. The Morgan fingerprint density at radius 3 is 1.86 bits per heavy atom. The molecule has 0 bridgehead atoms.